The smallest absolute Gasteiger partial charge is 0.258 e. The number of nitrogens with one attached hydrogen (secondary N) is 1. The van der Waals surface area contributed by atoms with Gasteiger partial charge in [-0.3, -0.25) is 28.4 Å². The zero-order valence-corrected chi connectivity index (χ0v) is 34.1. The van der Waals surface area contributed by atoms with Crippen LogP contribution in [0.4, 0.5) is 10.1 Å². The van der Waals surface area contributed by atoms with Crippen LogP contribution in [0.3, 0.4) is 0 Å². The lowest BCUT2D eigenvalue weighted by Gasteiger charge is -2.34. The van der Waals surface area contributed by atoms with Crippen LogP contribution < -0.4 is 21.3 Å². The number of nitrogens with zero attached hydrogens (tertiary/aromatic N) is 13. The van der Waals surface area contributed by atoms with E-state index in [0.29, 0.717) is 34.1 Å². The fraction of sp³-hybridized carbons (Fsp3) is 0.333. The molecule has 2 fully saturated rings. The molecule has 304 valence electrons. The Morgan fingerprint density at radius 3 is 1.56 bits per heavy atom. The van der Waals surface area contributed by atoms with Gasteiger partial charge in [0, 0.05) is 76.9 Å². The maximum Gasteiger partial charge on any atom is 0.258 e. The number of anilines is 1. The van der Waals surface area contributed by atoms with Crippen molar-refractivity contribution >= 4 is 28.0 Å². The second kappa shape index (κ2) is 16.4. The number of fused-ring (bicyclic) bond motifs is 4. The molecule has 0 bridgehead atoms. The Bertz CT molecular complexity index is 2940. The van der Waals surface area contributed by atoms with Crippen LogP contribution in [0.5, 0.6) is 0 Å². The number of likely N-dealkylation sites (N-methyl/N-ethyl adjacent to an activating group) is 2. The van der Waals surface area contributed by atoms with Gasteiger partial charge in [-0.05, 0) is 78.2 Å². The molecule has 8 aromatic rings. The van der Waals surface area contributed by atoms with Gasteiger partial charge < -0.3 is 20.0 Å². The predicted molar refractivity (Wildman–Crippen MR) is 226 cm³/mol. The van der Waals surface area contributed by atoms with E-state index < -0.39 is 5.82 Å². The van der Waals surface area contributed by atoms with Crippen molar-refractivity contribution in [1.29, 1.82) is 0 Å². The average molecular weight is 799 g/mol. The number of halogens is 1. The minimum Gasteiger partial charge on any atom is -0.368 e. The highest BCUT2D eigenvalue weighted by atomic mass is 19.1. The van der Waals surface area contributed by atoms with E-state index >= 15 is 0 Å². The molecule has 0 spiro atoms. The zero-order chi connectivity index (χ0) is 41.4. The van der Waals surface area contributed by atoms with Crippen LogP contribution in [0.25, 0.3) is 45.1 Å². The van der Waals surface area contributed by atoms with Crippen LogP contribution in [-0.4, -0.2) is 124 Å². The molecule has 0 atom stereocenters. The first-order valence-corrected chi connectivity index (χ1v) is 19.6. The molecule has 0 unspecified atom stereocenters. The summed E-state index contributed by atoms with van der Waals surface area (Å²) in [6, 6.07) is 13.4. The van der Waals surface area contributed by atoms with Gasteiger partial charge in [-0.15, -0.1) is 0 Å². The highest BCUT2D eigenvalue weighted by Gasteiger charge is 2.17. The molecule has 0 amide bonds. The number of rotatable bonds is 3. The van der Waals surface area contributed by atoms with Crippen molar-refractivity contribution in [1.82, 2.24) is 63.1 Å². The monoisotopic (exact) mass is 798 g/mol. The second-order valence-corrected chi connectivity index (χ2v) is 15.1. The summed E-state index contributed by atoms with van der Waals surface area (Å²) in [5.74, 6) is -0.487. The van der Waals surface area contributed by atoms with Crippen molar-refractivity contribution in [3.05, 3.63) is 123 Å². The van der Waals surface area contributed by atoms with Crippen molar-refractivity contribution in [2.75, 3.05) is 71.4 Å². The molecule has 59 heavy (non-hydrogen) atoms. The zero-order valence-electron chi connectivity index (χ0n) is 34.1. The number of hydrogen-bond acceptors (Lipinski definition) is 12. The number of aryl methyl sites for hydroxylation is 4. The van der Waals surface area contributed by atoms with Gasteiger partial charge in [-0.25, -0.2) is 23.4 Å². The summed E-state index contributed by atoms with van der Waals surface area (Å²) in [4.78, 5) is 49.9. The molecule has 17 heteroatoms. The van der Waals surface area contributed by atoms with Gasteiger partial charge >= 0.3 is 0 Å². The van der Waals surface area contributed by atoms with Crippen LogP contribution >= 0.6 is 0 Å². The molecule has 10 rings (SSSR count). The van der Waals surface area contributed by atoms with Crippen LogP contribution in [0, 0.1) is 33.5 Å². The topological polar surface area (TPSA) is 151 Å². The van der Waals surface area contributed by atoms with Crippen molar-refractivity contribution in [2.24, 2.45) is 0 Å². The Morgan fingerprint density at radius 2 is 1.05 bits per heavy atom. The molecule has 0 radical (unpaired) electrons. The van der Waals surface area contributed by atoms with E-state index in [1.807, 2.05) is 70.6 Å². The third kappa shape index (κ3) is 8.57. The number of pyridine rings is 2. The molecule has 8 aromatic heterocycles. The SMILES string of the molecule is CN1CCNCC1.Cc1cn2nc(-c3cc(=O)n4cc(F)ccc4n3)cc2c(C)n1.Cc1cn2nc(-c3cc(=O)n4cc(N5CCN(C)CC5)ccc4n3)cc2c(C)n1. The van der Waals surface area contributed by atoms with Crippen molar-refractivity contribution < 1.29 is 4.39 Å². The lowest BCUT2D eigenvalue weighted by atomic mass is 10.2. The predicted octanol–water partition coefficient (Wildman–Crippen LogP) is 3.45. The summed E-state index contributed by atoms with van der Waals surface area (Å²) in [5, 5.41) is 12.3. The molecule has 0 aliphatic carbocycles. The first-order chi connectivity index (χ1) is 28.4. The summed E-state index contributed by atoms with van der Waals surface area (Å²) < 4.78 is 19.6. The lowest BCUT2D eigenvalue weighted by Crippen LogP contribution is -2.44. The summed E-state index contributed by atoms with van der Waals surface area (Å²) in [7, 11) is 4.28. The molecule has 10 heterocycles. The Morgan fingerprint density at radius 1 is 0.559 bits per heavy atom. The van der Waals surface area contributed by atoms with Gasteiger partial charge in [0.15, 0.2) is 0 Å². The molecule has 2 saturated heterocycles. The highest BCUT2D eigenvalue weighted by Crippen LogP contribution is 2.22. The standard InChI is InChI=1S/C21H23N7O.C16H12FN5O.C5H12N2/c1-14-12-28-19(15(2)22-14)10-18(24-28)17-11-21(29)27-13-16(4-5-20(27)23-17)26-8-6-25(3)7-9-26;1-9-7-22-14(10(2)18-9)5-13(20-22)12-6-16(23)21-8-11(17)3-4-15(21)19-12;1-7-4-2-6-3-5-7/h4-5,10-13H,6-9H2,1-3H3;3-8H,1-2H3;6H,2-5H2,1H3. The van der Waals surface area contributed by atoms with Gasteiger partial charge in [-0.1, -0.05) is 0 Å². The van der Waals surface area contributed by atoms with Crippen molar-refractivity contribution in [2.45, 2.75) is 27.7 Å². The first kappa shape index (κ1) is 39.4. The molecular formula is C42H47FN14O2. The Balaban J connectivity index is 0.000000144. The molecule has 0 aromatic carbocycles. The fourth-order valence-electron chi connectivity index (χ4n) is 7.29. The summed E-state index contributed by atoms with van der Waals surface area (Å²) in [5.41, 5.74) is 9.11. The lowest BCUT2D eigenvalue weighted by molar-refractivity contribution is 0.291. The molecule has 1 N–H and O–H groups in total. The quantitative estimate of drug-likeness (QED) is 0.279. The third-order valence-electron chi connectivity index (χ3n) is 10.5. The fourth-order valence-corrected chi connectivity index (χ4v) is 7.29. The molecule has 0 saturated carbocycles. The largest absolute Gasteiger partial charge is 0.368 e. The van der Waals surface area contributed by atoms with Crippen molar-refractivity contribution in [3.8, 4) is 22.8 Å². The van der Waals surface area contributed by atoms with Crippen LogP contribution in [-0.2, 0) is 0 Å². The maximum atomic E-state index is 13.3. The van der Waals surface area contributed by atoms with E-state index in [1.165, 1.54) is 35.7 Å². The number of piperazine rings is 2. The molecule has 16 nitrogen and oxygen atoms in total. The molecule has 2 aliphatic heterocycles. The maximum absolute atomic E-state index is 13.3. The Kier molecular flexibility index (Phi) is 11.0. The summed E-state index contributed by atoms with van der Waals surface area (Å²) >= 11 is 0. The molecule has 2 aliphatic rings. The number of aromatic nitrogens is 10. The van der Waals surface area contributed by atoms with E-state index in [2.05, 4.69) is 59.3 Å². The molecular weight excluding hydrogens is 752 g/mol. The van der Waals surface area contributed by atoms with E-state index in [9.17, 15) is 14.0 Å². The van der Waals surface area contributed by atoms with Crippen LogP contribution in [0.1, 0.15) is 22.8 Å². The third-order valence-corrected chi connectivity index (χ3v) is 10.5. The van der Waals surface area contributed by atoms with Crippen LogP contribution in [0.2, 0.25) is 0 Å². The minimum absolute atomic E-state index is 0.107. The first-order valence-electron chi connectivity index (χ1n) is 19.6. The van der Waals surface area contributed by atoms with E-state index in [1.54, 1.807) is 19.5 Å². The van der Waals surface area contributed by atoms with E-state index in [0.717, 1.165) is 85.0 Å². The van der Waals surface area contributed by atoms with Gasteiger partial charge in [0.1, 0.15) is 28.5 Å². The van der Waals surface area contributed by atoms with E-state index in [-0.39, 0.29) is 11.1 Å². The normalized spacial score (nSPS) is 15.1. The Hall–Kier alpha value is -6.43. The average Bonchev–Trinajstić information content (AvgIpc) is 3.85. The van der Waals surface area contributed by atoms with Crippen LogP contribution in [0.15, 0.2) is 82.9 Å². The van der Waals surface area contributed by atoms with Gasteiger partial charge in [0.2, 0.25) is 0 Å². The highest BCUT2D eigenvalue weighted by molar-refractivity contribution is 5.67. The Labute approximate surface area is 339 Å². The van der Waals surface area contributed by atoms with E-state index in [4.69, 9.17) is 4.98 Å². The number of hydrogen-bond donors (Lipinski definition) is 1. The summed E-state index contributed by atoms with van der Waals surface area (Å²) in [6.45, 7) is 16.4. The van der Waals surface area contributed by atoms with Crippen molar-refractivity contribution in [3.63, 3.8) is 0 Å². The second-order valence-electron chi connectivity index (χ2n) is 15.1. The minimum atomic E-state index is -0.487. The summed E-state index contributed by atoms with van der Waals surface area (Å²) in [6.07, 6.45) is 6.70. The van der Waals surface area contributed by atoms with Gasteiger partial charge in [-0.2, -0.15) is 10.2 Å². The van der Waals surface area contributed by atoms with Gasteiger partial charge in [0.05, 0.1) is 63.3 Å². The van der Waals surface area contributed by atoms with Gasteiger partial charge in [0.25, 0.3) is 11.1 Å².